The molecule has 0 unspecified atom stereocenters. The molecule has 6 heteroatoms. The van der Waals surface area contributed by atoms with Gasteiger partial charge in [0.15, 0.2) is 0 Å². The van der Waals surface area contributed by atoms with E-state index in [4.69, 9.17) is 4.62 Å². The zero-order valence-electron chi connectivity index (χ0n) is 22.8. The topological polar surface area (TPSA) is 72.6 Å². The van der Waals surface area contributed by atoms with Gasteiger partial charge in [0.2, 0.25) is 0 Å². The van der Waals surface area contributed by atoms with Crippen LogP contribution in [0.4, 0.5) is 0 Å². The fourth-order valence-electron chi connectivity index (χ4n) is 4.98. The molecule has 0 heterocycles. The van der Waals surface area contributed by atoms with Crippen LogP contribution in [0.2, 0.25) is 0 Å². The van der Waals surface area contributed by atoms with E-state index < -0.39 is 11.9 Å². The molecule has 5 nitrogen and oxygen atoms in total. The summed E-state index contributed by atoms with van der Waals surface area (Å²) in [7, 11) is 0. The van der Waals surface area contributed by atoms with E-state index in [1.807, 2.05) is 0 Å². The maximum absolute atomic E-state index is 12.0. The number of hydrogen-bond acceptors (Lipinski definition) is 4. The van der Waals surface area contributed by atoms with Crippen LogP contribution in [0.1, 0.15) is 118 Å². The van der Waals surface area contributed by atoms with E-state index in [0.717, 1.165) is 73.7 Å². The third kappa shape index (κ3) is 7.84. The summed E-state index contributed by atoms with van der Waals surface area (Å²) in [5.74, 6) is 0.352. The zero-order chi connectivity index (χ0) is 25.5. The molecular weight excluding hydrogens is 433 g/mol. The molecule has 0 atom stereocenters. The fraction of sp³-hybridized carbons (Fsp3) is 0.778. The molecule has 1 aromatic rings. The summed E-state index contributed by atoms with van der Waals surface area (Å²) in [5, 5.41) is 22.7. The van der Waals surface area contributed by atoms with E-state index in [-0.39, 0.29) is 10.8 Å². The van der Waals surface area contributed by atoms with Crippen molar-refractivity contribution >= 4 is 6.83 Å². The van der Waals surface area contributed by atoms with Crippen LogP contribution in [-0.4, -0.2) is 28.7 Å². The van der Waals surface area contributed by atoms with Crippen LogP contribution in [-0.2, 0) is 21.6 Å². The van der Waals surface area contributed by atoms with Crippen LogP contribution in [0.3, 0.4) is 0 Å². The zero-order valence-corrected chi connectivity index (χ0v) is 23.7. The standard InChI is InChI=1S/C27H50NO4P/c1-10-13-16-33(17-14-11-2,18-15-12-3,32-28(30)31)21-22-19-23(26(4,5)6)25(29)24(20-22)27(7,8)9/h19-20,29H,10-18,21H2,1-9H3. The summed E-state index contributed by atoms with van der Waals surface area (Å²) in [6.45, 7) is 15.9. The van der Waals surface area contributed by atoms with Crippen molar-refractivity contribution in [3.63, 3.8) is 0 Å². The Kier molecular flexibility index (Phi) is 10.2. The Balaban J connectivity index is 3.87. The van der Waals surface area contributed by atoms with E-state index >= 15 is 0 Å². The first-order valence-corrected chi connectivity index (χ1v) is 15.7. The van der Waals surface area contributed by atoms with E-state index in [2.05, 4.69) is 74.4 Å². The van der Waals surface area contributed by atoms with Crippen LogP contribution >= 0.6 is 6.83 Å². The van der Waals surface area contributed by atoms with Gasteiger partial charge in [0.25, 0.3) is 0 Å². The van der Waals surface area contributed by atoms with Gasteiger partial charge in [0.05, 0.1) is 0 Å². The quantitative estimate of drug-likeness (QED) is 0.173. The monoisotopic (exact) mass is 483 g/mol. The van der Waals surface area contributed by atoms with E-state index in [1.54, 1.807) is 0 Å². The summed E-state index contributed by atoms with van der Waals surface area (Å²) in [6, 6.07) is 4.19. The predicted molar refractivity (Wildman–Crippen MR) is 144 cm³/mol. The van der Waals surface area contributed by atoms with Crippen molar-refractivity contribution < 1.29 is 14.8 Å². The minimum absolute atomic E-state index is 0.239. The Bertz CT molecular complexity index is 733. The second-order valence-electron chi connectivity index (χ2n) is 12.1. The van der Waals surface area contributed by atoms with Gasteiger partial charge < -0.3 is 0 Å². The molecule has 192 valence electrons. The van der Waals surface area contributed by atoms with Gasteiger partial charge in [-0.05, 0) is 0 Å². The van der Waals surface area contributed by atoms with E-state index in [1.165, 1.54) is 0 Å². The maximum atomic E-state index is 12.0. The number of nitrogens with zero attached hydrogens (tertiary/aromatic N) is 1. The molecule has 0 aliphatic rings. The van der Waals surface area contributed by atoms with Crippen molar-refractivity contribution in [1.29, 1.82) is 0 Å². The molecule has 1 aromatic carbocycles. The van der Waals surface area contributed by atoms with Gasteiger partial charge >= 0.3 is 203 Å². The van der Waals surface area contributed by atoms with Crippen LogP contribution < -0.4 is 0 Å². The molecule has 0 bridgehead atoms. The summed E-state index contributed by atoms with van der Waals surface area (Å²) in [4.78, 5) is 12.0. The van der Waals surface area contributed by atoms with Crippen molar-refractivity contribution in [3.8, 4) is 5.75 Å². The first-order valence-electron chi connectivity index (χ1n) is 12.8. The van der Waals surface area contributed by atoms with Crippen LogP contribution in [0.15, 0.2) is 12.1 Å². The molecule has 33 heavy (non-hydrogen) atoms. The van der Waals surface area contributed by atoms with Gasteiger partial charge in [-0.15, -0.1) is 0 Å². The summed E-state index contributed by atoms with van der Waals surface area (Å²) < 4.78 is 6.01. The first kappa shape index (κ1) is 29.7. The van der Waals surface area contributed by atoms with Crippen LogP contribution in [0.5, 0.6) is 5.75 Å². The predicted octanol–water partition coefficient (Wildman–Crippen LogP) is 8.56. The van der Waals surface area contributed by atoms with Gasteiger partial charge in [-0.1, -0.05) is 0 Å². The molecule has 0 radical (unpaired) electrons. The summed E-state index contributed by atoms with van der Waals surface area (Å²) in [5.41, 5.74) is 2.41. The first-order chi connectivity index (χ1) is 15.1. The Morgan fingerprint density at radius 3 is 1.48 bits per heavy atom. The van der Waals surface area contributed by atoms with Crippen molar-refractivity contribution in [2.45, 2.75) is 118 Å². The molecule has 0 saturated heterocycles. The average Bonchev–Trinajstić information content (AvgIpc) is 2.69. The second-order valence-corrected chi connectivity index (χ2v) is 17.6. The van der Waals surface area contributed by atoms with Crippen molar-refractivity contribution in [3.05, 3.63) is 38.9 Å². The Morgan fingerprint density at radius 1 is 0.848 bits per heavy atom. The van der Waals surface area contributed by atoms with E-state index in [0.29, 0.717) is 11.9 Å². The SMILES string of the molecule is CCCCP(CCCC)(CCCC)(Cc1cc(C(C)(C)C)c(O)c(C(C)(C)C)c1)O[N+](=O)[O-]. The number of hydrogen-bond donors (Lipinski definition) is 1. The van der Waals surface area contributed by atoms with Crippen LogP contribution in [0.25, 0.3) is 0 Å². The molecule has 0 amide bonds. The number of phenols is 1. The van der Waals surface area contributed by atoms with Crippen molar-refractivity contribution in [2.24, 2.45) is 0 Å². The summed E-state index contributed by atoms with van der Waals surface area (Å²) in [6.07, 6.45) is 8.78. The third-order valence-corrected chi connectivity index (χ3v) is 13.0. The van der Waals surface area contributed by atoms with E-state index in [9.17, 15) is 15.2 Å². The number of benzene rings is 1. The number of aromatic hydroxyl groups is 1. The third-order valence-electron chi connectivity index (χ3n) is 6.90. The molecule has 1 N–H and O–H groups in total. The molecule has 0 fully saturated rings. The molecule has 0 saturated carbocycles. The summed E-state index contributed by atoms with van der Waals surface area (Å²) >= 11 is 0. The molecule has 0 spiro atoms. The van der Waals surface area contributed by atoms with Crippen molar-refractivity contribution in [1.82, 2.24) is 0 Å². The van der Waals surface area contributed by atoms with Gasteiger partial charge in [-0.25, -0.2) is 0 Å². The van der Waals surface area contributed by atoms with Crippen LogP contribution in [0, 0.1) is 10.1 Å². The Hall–Kier alpha value is -1.35. The fourth-order valence-corrected chi connectivity index (χ4v) is 11.3. The van der Waals surface area contributed by atoms with Gasteiger partial charge in [0, 0.05) is 0 Å². The molecule has 0 aliphatic carbocycles. The number of phenolic OH excluding ortho intramolecular Hbond substituents is 1. The molecular formula is C27H50NO4P. The van der Waals surface area contributed by atoms with Gasteiger partial charge in [0.1, 0.15) is 0 Å². The normalized spacial score (nSPS) is 14.0. The average molecular weight is 484 g/mol. The number of rotatable bonds is 13. The minimum atomic E-state index is -3.18. The Labute approximate surface area is 202 Å². The molecule has 0 aromatic heterocycles. The molecule has 0 aliphatic heterocycles. The Morgan fingerprint density at radius 2 is 1.21 bits per heavy atom. The second kappa shape index (κ2) is 11.4. The molecule has 1 rings (SSSR count). The van der Waals surface area contributed by atoms with Crippen molar-refractivity contribution in [2.75, 3.05) is 18.5 Å². The number of unbranched alkanes of at least 4 members (excludes halogenated alkanes) is 3. The van der Waals surface area contributed by atoms with Gasteiger partial charge in [-0.3, -0.25) is 0 Å². The van der Waals surface area contributed by atoms with Gasteiger partial charge in [-0.2, -0.15) is 0 Å².